The van der Waals surface area contributed by atoms with Crippen LogP contribution in [0, 0.1) is 16.7 Å². The fourth-order valence-electron chi connectivity index (χ4n) is 15.0. The molecule has 566 valence electrons. The van der Waals surface area contributed by atoms with Crippen molar-refractivity contribution in [1.82, 2.24) is 46.1 Å². The third-order valence-corrected chi connectivity index (χ3v) is 22.9. The largest absolute Gasteiger partial charge is 0.493 e. The topological polar surface area (TPSA) is 336 Å². The van der Waals surface area contributed by atoms with E-state index in [4.69, 9.17) is 23.7 Å². The van der Waals surface area contributed by atoms with Crippen LogP contribution in [0.25, 0.3) is 22.5 Å². The third kappa shape index (κ3) is 16.2. The van der Waals surface area contributed by atoms with Gasteiger partial charge in [0, 0.05) is 67.5 Å². The molecular formula is C78H92IN13O15. The van der Waals surface area contributed by atoms with Crippen molar-refractivity contribution >= 4 is 98.7 Å². The van der Waals surface area contributed by atoms with E-state index in [1.165, 1.54) is 32.9 Å². The molecule has 9 amide bonds. The molecule has 6 atom stereocenters. The zero-order valence-electron chi connectivity index (χ0n) is 61.2. The molecule has 2 saturated heterocycles. The highest BCUT2D eigenvalue weighted by Crippen LogP contribution is 2.58. The maximum atomic E-state index is 14.5. The standard InChI is InChI=1S/C78H92IN13O15/c1-8-76(5,79)92-69-52-18-12-13-19-56(52)88(41-48-16-10-11-17-51(48)68(69)86-87-92)66(96)25-24-63(93)81-39-64(94)82-40-65(95)85-67(45(2)3)71(98)83-46(4)70(97)84-49-22-20-47(21-23-49)42-107-75(102)91-57-35-62(60(104-7)33-54(57)73(100)90-44-78(28-29-78)37-58(90)74(91)101)106-31-15-9-14-30-105-61-34-55-53(32-59(61)103-6)72(99)89-43-77(26-27-77)36-50(89)38-80-55/h10-13,16-23,32-35,45-46,50,58,67,74,80,101H,8-9,14-15,24-31,36-44H2,1-7H3,(H,81,93)(H,82,94)(H,83,98)(H,84,97)(H,85,95)/t46-,50-,58-,67-,74-,76?/m0/s1. The highest BCUT2D eigenvalue weighted by Gasteiger charge is 2.58. The lowest BCUT2D eigenvalue weighted by Crippen LogP contribution is -2.55. The van der Waals surface area contributed by atoms with Gasteiger partial charge in [0.2, 0.25) is 35.4 Å². The van der Waals surface area contributed by atoms with E-state index in [1.807, 2.05) is 64.2 Å². The number of amides is 9. The number of hydrogen-bond acceptors (Lipinski definition) is 18. The number of carbonyl (C=O) groups excluding carboxylic acids is 9. The third-order valence-electron chi connectivity index (χ3n) is 21.7. The highest BCUT2D eigenvalue weighted by molar-refractivity contribution is 14.1. The summed E-state index contributed by atoms with van der Waals surface area (Å²) in [5.74, 6) is -2.73. The summed E-state index contributed by atoms with van der Waals surface area (Å²) in [7, 11) is 3.03. The Morgan fingerprint density at radius 1 is 0.701 bits per heavy atom. The molecule has 2 saturated carbocycles. The highest BCUT2D eigenvalue weighted by atomic mass is 127. The van der Waals surface area contributed by atoms with Gasteiger partial charge in [-0.25, -0.2) is 14.4 Å². The average molecular weight is 1580 g/mol. The van der Waals surface area contributed by atoms with E-state index >= 15 is 0 Å². The van der Waals surface area contributed by atoms with Gasteiger partial charge >= 0.3 is 6.09 Å². The Bertz CT molecular complexity index is 4440. The smallest absolute Gasteiger partial charge is 0.416 e. The quantitative estimate of drug-likeness (QED) is 0.0144. The Morgan fingerprint density at radius 3 is 2.03 bits per heavy atom. The predicted octanol–water partition coefficient (Wildman–Crippen LogP) is 8.81. The number of halogens is 1. The van der Waals surface area contributed by atoms with Crippen LogP contribution in [0.4, 0.5) is 27.5 Å². The van der Waals surface area contributed by atoms with Crippen LogP contribution in [-0.4, -0.2) is 174 Å². The molecular weight excluding hydrogens is 1490 g/mol. The minimum absolute atomic E-state index is 0.0182. The van der Waals surface area contributed by atoms with Gasteiger partial charge in [-0.2, -0.15) is 0 Å². The maximum Gasteiger partial charge on any atom is 0.416 e. The van der Waals surface area contributed by atoms with Gasteiger partial charge in [0.25, 0.3) is 11.8 Å². The van der Waals surface area contributed by atoms with Crippen molar-refractivity contribution in [2.75, 3.05) is 80.6 Å². The number of methoxy groups -OCH3 is 2. The molecule has 1 unspecified atom stereocenters. The number of nitrogens with one attached hydrogen (secondary N) is 6. The number of alkyl halides is 1. The van der Waals surface area contributed by atoms with E-state index in [-0.39, 0.29) is 84.5 Å². The fraction of sp³-hybridized carbons (Fsp3) is 0.474. The monoisotopic (exact) mass is 1580 g/mol. The zero-order valence-corrected chi connectivity index (χ0v) is 63.4. The molecule has 13 rings (SSSR count). The first-order valence-corrected chi connectivity index (χ1v) is 37.8. The normalized spacial score (nSPS) is 19.2. The molecule has 7 N–H and O–H groups in total. The second-order valence-corrected chi connectivity index (χ2v) is 32.0. The van der Waals surface area contributed by atoms with Crippen LogP contribution in [-0.2, 0) is 50.2 Å². The van der Waals surface area contributed by atoms with Gasteiger partial charge in [0.05, 0.1) is 81.3 Å². The summed E-state index contributed by atoms with van der Waals surface area (Å²) in [5.41, 5.74) is 7.18. The summed E-state index contributed by atoms with van der Waals surface area (Å²) in [5, 5.41) is 37.9. The molecule has 28 nitrogen and oxygen atoms in total. The lowest BCUT2D eigenvalue weighted by molar-refractivity contribution is -0.132. The zero-order chi connectivity index (χ0) is 75.6. The van der Waals surface area contributed by atoms with Gasteiger partial charge < -0.3 is 75.4 Å². The summed E-state index contributed by atoms with van der Waals surface area (Å²) in [6, 6.07) is 25.6. The molecule has 29 heteroatoms. The summed E-state index contributed by atoms with van der Waals surface area (Å²) < 4.78 is 31.4. The molecule has 5 aromatic carbocycles. The first-order valence-electron chi connectivity index (χ1n) is 36.8. The van der Waals surface area contributed by atoms with E-state index in [1.54, 1.807) is 67.2 Å². The minimum Gasteiger partial charge on any atom is -0.493 e. The van der Waals surface area contributed by atoms with E-state index < -0.39 is 82.5 Å². The van der Waals surface area contributed by atoms with Gasteiger partial charge in [-0.15, -0.1) is 5.10 Å². The number of aromatic nitrogens is 3. The average Bonchev–Trinajstić information content (AvgIpc) is 1.59. The predicted molar refractivity (Wildman–Crippen MR) is 405 cm³/mol. The Morgan fingerprint density at radius 2 is 1.34 bits per heavy atom. The minimum atomic E-state index is -1.47. The Kier molecular flexibility index (Phi) is 22.1. The fourth-order valence-corrected chi connectivity index (χ4v) is 15.3. The summed E-state index contributed by atoms with van der Waals surface area (Å²) in [4.78, 5) is 130. The second-order valence-electron chi connectivity index (χ2n) is 29.6. The van der Waals surface area contributed by atoms with Gasteiger partial charge in [0.1, 0.15) is 33.6 Å². The summed E-state index contributed by atoms with van der Waals surface area (Å²) in [6.45, 7) is 10.5. The maximum absolute atomic E-state index is 14.5. The number of aliphatic hydroxyl groups excluding tert-OH is 1. The van der Waals surface area contributed by atoms with Gasteiger partial charge in [-0.3, -0.25) is 38.4 Å². The number of ether oxygens (including phenoxy) is 5. The molecule has 6 aromatic rings. The van der Waals surface area contributed by atoms with Crippen molar-refractivity contribution in [1.29, 1.82) is 0 Å². The number of aliphatic hydroxyl groups is 1. The molecule has 7 aliphatic rings. The molecule has 2 aliphatic carbocycles. The summed E-state index contributed by atoms with van der Waals surface area (Å²) >= 11 is 2.36. The lowest BCUT2D eigenvalue weighted by atomic mass is 9.95. The van der Waals surface area contributed by atoms with Crippen LogP contribution in [0.3, 0.4) is 0 Å². The van der Waals surface area contributed by atoms with Gasteiger partial charge in [-0.05, 0) is 136 Å². The Labute approximate surface area is 634 Å². The number of carbonyl (C=O) groups is 9. The molecule has 4 fully saturated rings. The number of benzene rings is 5. The van der Waals surface area contributed by atoms with Gasteiger partial charge in [-0.1, -0.05) is 103 Å². The van der Waals surface area contributed by atoms with E-state index in [0.29, 0.717) is 90.5 Å². The number of hydrogen-bond donors (Lipinski definition) is 7. The molecule has 0 bridgehead atoms. The molecule has 5 aliphatic heterocycles. The van der Waals surface area contributed by atoms with Gasteiger partial charge in [0.15, 0.2) is 29.2 Å². The number of unbranched alkanes of at least 4 members (excludes halogenated alkanes) is 2. The lowest BCUT2D eigenvalue weighted by Gasteiger charge is -2.31. The van der Waals surface area contributed by atoms with Crippen LogP contribution < -0.4 is 60.6 Å². The van der Waals surface area contributed by atoms with E-state index in [9.17, 15) is 48.3 Å². The Hall–Kier alpha value is -10.0. The molecule has 2 spiro atoms. The van der Waals surface area contributed by atoms with Crippen molar-refractivity contribution in [2.45, 2.75) is 159 Å². The van der Waals surface area contributed by atoms with Crippen molar-refractivity contribution in [2.24, 2.45) is 16.7 Å². The van der Waals surface area contributed by atoms with Crippen molar-refractivity contribution < 1.29 is 71.9 Å². The van der Waals surface area contributed by atoms with Crippen LogP contribution in [0.1, 0.15) is 144 Å². The second kappa shape index (κ2) is 31.4. The van der Waals surface area contributed by atoms with Crippen LogP contribution in [0.2, 0.25) is 0 Å². The number of para-hydroxylation sites is 1. The first-order chi connectivity index (χ1) is 51.4. The van der Waals surface area contributed by atoms with Crippen LogP contribution >= 0.6 is 22.6 Å². The van der Waals surface area contributed by atoms with E-state index in [0.717, 1.165) is 65.2 Å². The summed E-state index contributed by atoms with van der Waals surface area (Å²) in [6.07, 6.45) is 5.66. The Balaban J connectivity index is 0.556. The number of fused-ring (bicyclic) bond motifs is 9. The number of nitrogens with zero attached hydrogens (tertiary/aromatic N) is 7. The van der Waals surface area contributed by atoms with Crippen molar-refractivity contribution in [3.63, 3.8) is 0 Å². The number of anilines is 4. The number of rotatable bonds is 27. The van der Waals surface area contributed by atoms with E-state index in [2.05, 4.69) is 78.7 Å². The van der Waals surface area contributed by atoms with Crippen molar-refractivity contribution in [3.8, 4) is 45.5 Å². The molecule has 0 radical (unpaired) electrons. The molecule has 1 aromatic heterocycles. The van der Waals surface area contributed by atoms with Crippen LogP contribution in [0.5, 0.6) is 23.0 Å². The van der Waals surface area contributed by atoms with Crippen molar-refractivity contribution in [3.05, 3.63) is 119 Å². The molecule has 6 heterocycles. The molecule has 107 heavy (non-hydrogen) atoms. The SMILES string of the molecule is CCC(C)(I)n1nnc2c1-c1ccccc1N(C(=O)CCC(=O)NCC(=O)NCC(=O)N[C@H](C(=O)N[C@@H](C)C(=O)Nc1ccc(COC(=O)N3c4cc(OCCCCCOc5cc6c(cc5OC)C(=O)N5CC7(CC7)C[C@H]5CN6)c(OC)cc4C(=O)N4CC5(CC5)C[C@H]4[C@@H]3O)cc1)C(C)C)Cc1ccccc1-2. The van der Waals surface area contributed by atoms with Crippen LogP contribution in [0.15, 0.2) is 97.1 Å². The first kappa shape index (κ1) is 75.2.